The van der Waals surface area contributed by atoms with E-state index < -0.39 is 18.6 Å². The van der Waals surface area contributed by atoms with E-state index in [4.69, 9.17) is 10.8 Å². The Bertz CT molecular complexity index is 449. The highest BCUT2D eigenvalue weighted by molar-refractivity contribution is 5.94. The van der Waals surface area contributed by atoms with E-state index >= 15 is 0 Å². The zero-order valence-electron chi connectivity index (χ0n) is 10.00. The van der Waals surface area contributed by atoms with E-state index in [-0.39, 0.29) is 36.5 Å². The van der Waals surface area contributed by atoms with Crippen molar-refractivity contribution in [3.05, 3.63) is 17.8 Å². The van der Waals surface area contributed by atoms with Crippen molar-refractivity contribution in [3.63, 3.8) is 0 Å². The van der Waals surface area contributed by atoms with Crippen LogP contribution in [0.5, 0.6) is 0 Å². The van der Waals surface area contributed by atoms with Gasteiger partial charge in [0.05, 0.1) is 17.4 Å². The fourth-order valence-electron chi connectivity index (χ4n) is 1.46. The first-order valence-electron chi connectivity index (χ1n) is 5.59. The van der Waals surface area contributed by atoms with Crippen molar-refractivity contribution in [2.75, 3.05) is 17.6 Å². The van der Waals surface area contributed by atoms with Gasteiger partial charge in [0.1, 0.15) is 5.82 Å². The lowest BCUT2D eigenvalue weighted by Gasteiger charge is -2.10. The molecular formula is C11H14F3N3O2. The van der Waals surface area contributed by atoms with Crippen molar-refractivity contribution in [2.45, 2.75) is 25.4 Å². The molecule has 0 aliphatic carbocycles. The molecule has 0 saturated carbocycles. The summed E-state index contributed by atoms with van der Waals surface area (Å²) in [6.45, 7) is 0.238. The Morgan fingerprint density at radius 1 is 1.42 bits per heavy atom. The quantitative estimate of drug-likeness (QED) is 0.695. The van der Waals surface area contributed by atoms with Crippen LogP contribution in [0.4, 0.5) is 24.7 Å². The van der Waals surface area contributed by atoms with Crippen molar-refractivity contribution < 1.29 is 23.1 Å². The van der Waals surface area contributed by atoms with Crippen LogP contribution in [0.15, 0.2) is 12.3 Å². The molecule has 1 aromatic heterocycles. The van der Waals surface area contributed by atoms with Gasteiger partial charge in [-0.2, -0.15) is 13.2 Å². The average Bonchev–Trinajstić information content (AvgIpc) is 2.28. The van der Waals surface area contributed by atoms with E-state index in [1.165, 1.54) is 12.3 Å². The molecule has 1 heterocycles. The van der Waals surface area contributed by atoms with Gasteiger partial charge in [0.15, 0.2) is 0 Å². The first-order valence-corrected chi connectivity index (χ1v) is 5.59. The first-order chi connectivity index (χ1) is 8.79. The molecule has 0 spiro atoms. The van der Waals surface area contributed by atoms with Crippen molar-refractivity contribution in [2.24, 2.45) is 0 Å². The van der Waals surface area contributed by atoms with E-state index in [1.807, 2.05) is 0 Å². The number of rotatable bonds is 6. The van der Waals surface area contributed by atoms with E-state index in [2.05, 4.69) is 10.3 Å². The molecule has 0 aliphatic rings. The summed E-state index contributed by atoms with van der Waals surface area (Å²) in [6.07, 6.45) is -3.48. The Hall–Kier alpha value is -1.99. The molecule has 106 valence electrons. The van der Waals surface area contributed by atoms with Gasteiger partial charge in [-0.3, -0.25) is 0 Å². The molecule has 0 aliphatic heterocycles. The number of aromatic carboxylic acids is 1. The summed E-state index contributed by atoms with van der Waals surface area (Å²) in [7, 11) is 0. The van der Waals surface area contributed by atoms with Crippen LogP contribution in [-0.4, -0.2) is 28.8 Å². The van der Waals surface area contributed by atoms with E-state index in [1.54, 1.807) is 0 Å². The third-order valence-corrected chi connectivity index (χ3v) is 2.36. The summed E-state index contributed by atoms with van der Waals surface area (Å²) in [4.78, 5) is 14.7. The van der Waals surface area contributed by atoms with Crippen molar-refractivity contribution in [3.8, 4) is 0 Å². The number of unbranched alkanes of at least 4 members (excludes halogenated alkanes) is 1. The molecule has 0 fully saturated rings. The van der Waals surface area contributed by atoms with Gasteiger partial charge >= 0.3 is 12.1 Å². The van der Waals surface area contributed by atoms with Gasteiger partial charge in [0.25, 0.3) is 0 Å². The number of hydrogen-bond donors (Lipinski definition) is 3. The smallest absolute Gasteiger partial charge is 0.389 e. The fraction of sp³-hybridized carbons (Fsp3) is 0.455. The molecule has 4 N–H and O–H groups in total. The molecule has 19 heavy (non-hydrogen) atoms. The third kappa shape index (κ3) is 5.45. The highest BCUT2D eigenvalue weighted by Crippen LogP contribution is 2.22. The maximum atomic E-state index is 11.9. The minimum atomic E-state index is -4.16. The highest BCUT2D eigenvalue weighted by Gasteiger charge is 2.25. The maximum absolute atomic E-state index is 11.9. The minimum Gasteiger partial charge on any atom is -0.478 e. The van der Waals surface area contributed by atoms with Gasteiger partial charge in [0, 0.05) is 13.0 Å². The molecule has 0 atom stereocenters. The van der Waals surface area contributed by atoms with E-state index in [9.17, 15) is 18.0 Å². The molecule has 1 rings (SSSR count). The number of nitrogens with one attached hydrogen (secondary N) is 1. The number of anilines is 2. The van der Waals surface area contributed by atoms with Crippen LogP contribution in [0.1, 0.15) is 29.6 Å². The van der Waals surface area contributed by atoms with E-state index in [0.29, 0.717) is 0 Å². The van der Waals surface area contributed by atoms with Crippen LogP contribution >= 0.6 is 0 Å². The molecule has 0 unspecified atom stereocenters. The van der Waals surface area contributed by atoms with Crippen molar-refractivity contribution >= 4 is 17.5 Å². The van der Waals surface area contributed by atoms with Gasteiger partial charge < -0.3 is 16.2 Å². The van der Waals surface area contributed by atoms with Gasteiger partial charge in [-0.05, 0) is 18.9 Å². The van der Waals surface area contributed by atoms with Gasteiger partial charge in [-0.25, -0.2) is 9.78 Å². The Morgan fingerprint density at radius 3 is 2.68 bits per heavy atom. The number of carboxylic acids is 1. The number of pyridine rings is 1. The standard InChI is InChI=1S/C11H14F3N3O2/c12-11(13,14)3-1-2-4-16-8-6-17-9(15)5-7(8)10(18)19/h5-6,16H,1-4H2,(H2,15,17)(H,18,19). The number of hydrogen-bond acceptors (Lipinski definition) is 4. The van der Waals surface area contributed by atoms with Gasteiger partial charge in [-0.15, -0.1) is 0 Å². The molecule has 0 radical (unpaired) electrons. The lowest BCUT2D eigenvalue weighted by Crippen LogP contribution is -2.11. The molecule has 0 saturated heterocycles. The number of halogens is 3. The molecule has 0 amide bonds. The van der Waals surface area contributed by atoms with Gasteiger partial charge in [0.2, 0.25) is 0 Å². The second kappa shape index (κ2) is 6.26. The SMILES string of the molecule is Nc1cc(C(=O)O)c(NCCCCC(F)(F)F)cn1. The summed E-state index contributed by atoms with van der Waals surface area (Å²) in [6, 6.07) is 1.19. The van der Waals surface area contributed by atoms with Crippen LogP contribution < -0.4 is 11.1 Å². The van der Waals surface area contributed by atoms with Crippen molar-refractivity contribution in [1.82, 2.24) is 4.98 Å². The number of carboxylic acid groups (broad SMARTS) is 1. The number of nitrogens with two attached hydrogens (primary N) is 1. The predicted octanol–water partition coefficient (Wildman–Crippen LogP) is 2.51. The maximum Gasteiger partial charge on any atom is 0.389 e. The largest absolute Gasteiger partial charge is 0.478 e. The number of alkyl halides is 3. The highest BCUT2D eigenvalue weighted by atomic mass is 19.4. The minimum absolute atomic E-state index is 0.0126. The Balaban J connectivity index is 2.47. The lowest BCUT2D eigenvalue weighted by molar-refractivity contribution is -0.135. The van der Waals surface area contributed by atoms with Gasteiger partial charge in [-0.1, -0.05) is 0 Å². The lowest BCUT2D eigenvalue weighted by atomic mass is 10.2. The van der Waals surface area contributed by atoms with Crippen LogP contribution in [0.3, 0.4) is 0 Å². The molecule has 1 aromatic rings. The predicted molar refractivity (Wildman–Crippen MR) is 64.0 cm³/mol. The summed E-state index contributed by atoms with van der Waals surface area (Å²) in [5.41, 5.74) is 5.55. The summed E-state index contributed by atoms with van der Waals surface area (Å²) >= 11 is 0. The first kappa shape index (κ1) is 15.1. The van der Waals surface area contributed by atoms with Crippen LogP contribution in [0, 0.1) is 0 Å². The normalized spacial score (nSPS) is 11.3. The zero-order valence-corrected chi connectivity index (χ0v) is 10.00. The molecule has 5 nitrogen and oxygen atoms in total. The average molecular weight is 277 g/mol. The van der Waals surface area contributed by atoms with Crippen LogP contribution in [0.2, 0.25) is 0 Å². The Labute approximate surface area is 107 Å². The summed E-state index contributed by atoms with van der Waals surface area (Å²) in [5, 5.41) is 11.7. The topological polar surface area (TPSA) is 88.2 Å². The second-order valence-corrected chi connectivity index (χ2v) is 3.96. The van der Waals surface area contributed by atoms with Crippen molar-refractivity contribution in [1.29, 1.82) is 0 Å². The number of nitrogens with zero attached hydrogens (tertiary/aromatic N) is 1. The fourth-order valence-corrected chi connectivity index (χ4v) is 1.46. The zero-order chi connectivity index (χ0) is 14.5. The molecule has 0 aromatic carbocycles. The second-order valence-electron chi connectivity index (χ2n) is 3.96. The monoisotopic (exact) mass is 277 g/mol. The summed E-state index contributed by atoms with van der Waals surface area (Å²) < 4.78 is 35.7. The number of carbonyl (C=O) groups is 1. The van der Waals surface area contributed by atoms with Crippen LogP contribution in [-0.2, 0) is 0 Å². The molecular weight excluding hydrogens is 263 g/mol. The third-order valence-electron chi connectivity index (χ3n) is 2.36. The number of aromatic nitrogens is 1. The van der Waals surface area contributed by atoms with E-state index in [0.717, 1.165) is 0 Å². The number of nitrogen functional groups attached to an aromatic ring is 1. The van der Waals surface area contributed by atoms with Crippen LogP contribution in [0.25, 0.3) is 0 Å². The molecule has 8 heteroatoms. The summed E-state index contributed by atoms with van der Waals surface area (Å²) in [5.74, 6) is -1.10. The Morgan fingerprint density at radius 2 is 2.11 bits per heavy atom. The molecule has 0 bridgehead atoms. The Kier molecular flexibility index (Phi) is 4.96.